The minimum Gasteiger partial charge on any atom is -0.350 e. The van der Waals surface area contributed by atoms with Gasteiger partial charge in [-0.1, -0.05) is 0 Å². The molecule has 0 atom stereocenters. The summed E-state index contributed by atoms with van der Waals surface area (Å²) in [7, 11) is 1.77. The Bertz CT molecular complexity index is 271. The van der Waals surface area contributed by atoms with Crippen LogP contribution in [0, 0.1) is 0 Å². The van der Waals surface area contributed by atoms with Gasteiger partial charge < -0.3 is 9.88 Å². The average molecular weight is 188 g/mol. The SMILES string of the molecule is Cn1cncc1C(=O)NCCCl. The van der Waals surface area contributed by atoms with Crippen molar-refractivity contribution < 1.29 is 4.79 Å². The molecule has 0 aromatic carbocycles. The fourth-order valence-corrected chi connectivity index (χ4v) is 0.922. The summed E-state index contributed by atoms with van der Waals surface area (Å²) in [6.45, 7) is 0.478. The number of nitrogens with zero attached hydrogens (tertiary/aromatic N) is 2. The van der Waals surface area contributed by atoms with Gasteiger partial charge in [-0.15, -0.1) is 11.6 Å². The number of aromatic nitrogens is 2. The first-order valence-electron chi connectivity index (χ1n) is 3.56. The highest BCUT2D eigenvalue weighted by Gasteiger charge is 2.07. The van der Waals surface area contributed by atoms with E-state index in [9.17, 15) is 4.79 Å². The lowest BCUT2D eigenvalue weighted by molar-refractivity contribution is 0.0948. The largest absolute Gasteiger partial charge is 0.350 e. The standard InChI is InChI=1S/C7H10ClN3O/c1-11-5-9-4-6(11)7(12)10-3-2-8/h4-5H,2-3H2,1H3,(H,10,12). The quantitative estimate of drug-likeness (QED) is 0.696. The summed E-state index contributed by atoms with van der Waals surface area (Å²) >= 11 is 5.41. The van der Waals surface area contributed by atoms with E-state index in [1.807, 2.05) is 0 Å². The Kier molecular flexibility index (Phi) is 3.10. The molecule has 0 aliphatic heterocycles. The van der Waals surface area contributed by atoms with E-state index in [0.717, 1.165) is 0 Å². The first-order valence-corrected chi connectivity index (χ1v) is 4.09. The summed E-state index contributed by atoms with van der Waals surface area (Å²) in [4.78, 5) is 15.1. The topological polar surface area (TPSA) is 46.9 Å². The zero-order valence-electron chi connectivity index (χ0n) is 6.75. The number of carbonyl (C=O) groups is 1. The van der Waals surface area contributed by atoms with Crippen molar-refractivity contribution in [3.8, 4) is 0 Å². The van der Waals surface area contributed by atoms with Crippen molar-refractivity contribution in [2.75, 3.05) is 12.4 Å². The lowest BCUT2D eigenvalue weighted by Gasteiger charge is -2.01. The normalized spacial score (nSPS) is 9.83. The molecule has 0 saturated heterocycles. The van der Waals surface area contributed by atoms with E-state index in [-0.39, 0.29) is 5.91 Å². The molecule has 12 heavy (non-hydrogen) atoms. The van der Waals surface area contributed by atoms with E-state index in [0.29, 0.717) is 18.1 Å². The molecule has 1 heterocycles. The summed E-state index contributed by atoms with van der Waals surface area (Å²) in [6, 6.07) is 0. The number of halogens is 1. The van der Waals surface area contributed by atoms with Gasteiger partial charge in [0.15, 0.2) is 0 Å². The van der Waals surface area contributed by atoms with Crippen LogP contribution in [0.1, 0.15) is 10.5 Å². The summed E-state index contributed by atoms with van der Waals surface area (Å²) in [5, 5.41) is 2.64. The Morgan fingerprint density at radius 2 is 2.58 bits per heavy atom. The number of alkyl halides is 1. The monoisotopic (exact) mass is 187 g/mol. The van der Waals surface area contributed by atoms with Crippen molar-refractivity contribution in [1.82, 2.24) is 14.9 Å². The minimum absolute atomic E-state index is 0.143. The number of imidazole rings is 1. The zero-order chi connectivity index (χ0) is 8.97. The second-order valence-corrected chi connectivity index (χ2v) is 2.71. The molecule has 0 fully saturated rings. The second-order valence-electron chi connectivity index (χ2n) is 2.33. The van der Waals surface area contributed by atoms with Crippen LogP contribution in [0.5, 0.6) is 0 Å². The summed E-state index contributed by atoms with van der Waals surface area (Å²) in [6.07, 6.45) is 3.10. The second kappa shape index (κ2) is 4.11. The molecule has 1 aromatic rings. The van der Waals surface area contributed by atoms with Gasteiger partial charge in [0.25, 0.3) is 5.91 Å². The predicted molar refractivity (Wildman–Crippen MR) is 46.3 cm³/mol. The van der Waals surface area contributed by atoms with Crippen LogP contribution in [-0.2, 0) is 7.05 Å². The highest BCUT2D eigenvalue weighted by atomic mass is 35.5. The molecular formula is C7H10ClN3O. The van der Waals surface area contributed by atoms with Crippen molar-refractivity contribution in [3.05, 3.63) is 18.2 Å². The summed E-state index contributed by atoms with van der Waals surface area (Å²) in [5.74, 6) is 0.277. The van der Waals surface area contributed by atoms with Crippen LogP contribution in [0.3, 0.4) is 0 Å². The molecule has 1 amide bonds. The van der Waals surface area contributed by atoms with Crippen molar-refractivity contribution in [1.29, 1.82) is 0 Å². The molecular weight excluding hydrogens is 178 g/mol. The van der Waals surface area contributed by atoms with Crippen LogP contribution in [0.2, 0.25) is 0 Å². The van der Waals surface area contributed by atoms with E-state index in [1.165, 1.54) is 6.20 Å². The van der Waals surface area contributed by atoms with Gasteiger partial charge in [-0.25, -0.2) is 4.98 Å². The molecule has 0 bridgehead atoms. The van der Waals surface area contributed by atoms with Crippen LogP contribution in [0.15, 0.2) is 12.5 Å². The third-order valence-corrected chi connectivity index (χ3v) is 1.62. The van der Waals surface area contributed by atoms with E-state index in [2.05, 4.69) is 10.3 Å². The maximum atomic E-state index is 11.3. The van der Waals surface area contributed by atoms with Gasteiger partial charge in [-0.05, 0) is 0 Å². The van der Waals surface area contributed by atoms with Crippen molar-refractivity contribution >= 4 is 17.5 Å². The van der Waals surface area contributed by atoms with E-state index in [4.69, 9.17) is 11.6 Å². The molecule has 5 heteroatoms. The first kappa shape index (κ1) is 9.06. The molecule has 0 radical (unpaired) electrons. The molecule has 66 valence electrons. The van der Waals surface area contributed by atoms with Crippen LogP contribution < -0.4 is 5.32 Å². The molecule has 4 nitrogen and oxygen atoms in total. The highest BCUT2D eigenvalue weighted by Crippen LogP contribution is 1.94. The van der Waals surface area contributed by atoms with Crippen LogP contribution in [-0.4, -0.2) is 27.9 Å². The van der Waals surface area contributed by atoms with Crippen molar-refractivity contribution in [2.45, 2.75) is 0 Å². The molecule has 0 spiro atoms. The fourth-order valence-electron chi connectivity index (χ4n) is 0.827. The smallest absolute Gasteiger partial charge is 0.269 e. The highest BCUT2D eigenvalue weighted by molar-refractivity contribution is 6.18. The van der Waals surface area contributed by atoms with Gasteiger partial charge in [-0.3, -0.25) is 4.79 Å². The van der Waals surface area contributed by atoms with Gasteiger partial charge in [0.2, 0.25) is 0 Å². The molecule has 1 rings (SSSR count). The molecule has 0 saturated carbocycles. The number of hydrogen-bond acceptors (Lipinski definition) is 2. The number of carbonyl (C=O) groups excluding carboxylic acids is 1. The summed E-state index contributed by atoms with van der Waals surface area (Å²) < 4.78 is 1.66. The van der Waals surface area contributed by atoms with Crippen LogP contribution in [0.4, 0.5) is 0 Å². The Hall–Kier alpha value is -1.03. The maximum absolute atomic E-state index is 11.3. The molecule has 0 aliphatic rings. The van der Waals surface area contributed by atoms with Gasteiger partial charge in [0, 0.05) is 19.5 Å². The van der Waals surface area contributed by atoms with Gasteiger partial charge in [0.05, 0.1) is 12.5 Å². The molecule has 1 N–H and O–H groups in total. The van der Waals surface area contributed by atoms with Gasteiger partial charge >= 0.3 is 0 Å². The molecule has 1 aromatic heterocycles. The van der Waals surface area contributed by atoms with Crippen molar-refractivity contribution in [2.24, 2.45) is 7.05 Å². The molecule has 0 aliphatic carbocycles. The van der Waals surface area contributed by atoms with E-state index < -0.39 is 0 Å². The van der Waals surface area contributed by atoms with Crippen LogP contribution in [0.25, 0.3) is 0 Å². The maximum Gasteiger partial charge on any atom is 0.269 e. The van der Waals surface area contributed by atoms with Crippen LogP contribution >= 0.6 is 11.6 Å². The summed E-state index contributed by atoms with van der Waals surface area (Å²) in [5.41, 5.74) is 0.542. The number of aryl methyl sites for hydroxylation is 1. The fraction of sp³-hybridized carbons (Fsp3) is 0.429. The lowest BCUT2D eigenvalue weighted by atomic mass is 10.4. The Morgan fingerprint density at radius 1 is 1.83 bits per heavy atom. The third kappa shape index (κ3) is 1.98. The van der Waals surface area contributed by atoms with Gasteiger partial charge in [-0.2, -0.15) is 0 Å². The zero-order valence-corrected chi connectivity index (χ0v) is 7.51. The average Bonchev–Trinajstić information content (AvgIpc) is 2.47. The van der Waals surface area contributed by atoms with E-state index >= 15 is 0 Å². The van der Waals surface area contributed by atoms with Gasteiger partial charge in [0.1, 0.15) is 5.69 Å². The Labute approximate surface area is 75.5 Å². The lowest BCUT2D eigenvalue weighted by Crippen LogP contribution is -2.26. The molecule has 0 unspecified atom stereocenters. The minimum atomic E-state index is -0.143. The Balaban J connectivity index is 2.59. The third-order valence-electron chi connectivity index (χ3n) is 1.43. The number of amides is 1. The Morgan fingerprint density at radius 3 is 3.08 bits per heavy atom. The number of nitrogens with one attached hydrogen (secondary N) is 1. The van der Waals surface area contributed by atoms with Crippen molar-refractivity contribution in [3.63, 3.8) is 0 Å². The number of rotatable bonds is 3. The predicted octanol–water partition coefficient (Wildman–Crippen LogP) is 0.389. The van der Waals surface area contributed by atoms with E-state index in [1.54, 1.807) is 17.9 Å². The first-order chi connectivity index (χ1) is 5.75. The number of hydrogen-bond donors (Lipinski definition) is 1.